The molecule has 0 saturated heterocycles. The first-order valence-electron chi connectivity index (χ1n) is 5.40. The highest BCUT2D eigenvalue weighted by molar-refractivity contribution is 7.15. The molecule has 0 radical (unpaired) electrons. The normalized spacial score (nSPS) is 10.8. The van der Waals surface area contributed by atoms with Crippen LogP contribution in [0.5, 0.6) is 0 Å². The molecule has 0 bridgehead atoms. The maximum Gasteiger partial charge on any atom is 0.336 e. The van der Waals surface area contributed by atoms with Gasteiger partial charge < -0.3 is 9.67 Å². The molecule has 3 heterocycles. The van der Waals surface area contributed by atoms with Crippen LogP contribution in [-0.4, -0.2) is 25.6 Å². The zero-order chi connectivity index (χ0) is 13.4. The molecule has 0 aliphatic carbocycles. The van der Waals surface area contributed by atoms with Gasteiger partial charge in [-0.3, -0.25) is 0 Å². The maximum atomic E-state index is 10.9. The Morgan fingerprint density at radius 1 is 1.37 bits per heavy atom. The summed E-state index contributed by atoms with van der Waals surface area (Å²) >= 11 is 2.88. The molecule has 0 aromatic carbocycles. The minimum atomic E-state index is -0.915. The van der Waals surface area contributed by atoms with Crippen LogP contribution in [0.2, 0.25) is 0 Å². The first-order chi connectivity index (χ1) is 9.15. The number of hydrogen-bond donors (Lipinski definition) is 1. The number of aromatic carboxylic acids is 1. The predicted octanol–water partition coefficient (Wildman–Crippen LogP) is 2.97. The molecular formula is C12H9N3O2S2. The summed E-state index contributed by atoms with van der Waals surface area (Å²) in [6.07, 6.45) is 3.59. The van der Waals surface area contributed by atoms with Crippen LogP contribution in [0, 0.1) is 0 Å². The third kappa shape index (κ3) is 2.18. The van der Waals surface area contributed by atoms with E-state index in [9.17, 15) is 4.79 Å². The summed E-state index contributed by atoms with van der Waals surface area (Å²) in [5.41, 5.74) is 1.09. The highest BCUT2D eigenvalue weighted by Crippen LogP contribution is 2.31. The van der Waals surface area contributed by atoms with Crippen molar-refractivity contribution >= 4 is 28.6 Å². The van der Waals surface area contributed by atoms with Gasteiger partial charge in [0.1, 0.15) is 0 Å². The number of carbonyl (C=O) groups is 1. The number of hydrogen-bond acceptors (Lipinski definition) is 5. The quantitative estimate of drug-likeness (QED) is 0.805. The summed E-state index contributed by atoms with van der Waals surface area (Å²) in [6.45, 7) is 0. The molecule has 0 atom stereocenters. The maximum absolute atomic E-state index is 10.9. The zero-order valence-electron chi connectivity index (χ0n) is 9.90. The molecule has 0 unspecified atom stereocenters. The Morgan fingerprint density at radius 3 is 2.84 bits per heavy atom. The number of thiophene rings is 1. The van der Waals surface area contributed by atoms with Gasteiger partial charge >= 0.3 is 5.97 Å². The van der Waals surface area contributed by atoms with Crippen LogP contribution in [-0.2, 0) is 7.05 Å². The number of aromatic nitrogens is 3. The first-order valence-corrected chi connectivity index (χ1v) is 7.16. The van der Waals surface area contributed by atoms with E-state index in [0.29, 0.717) is 5.56 Å². The second-order valence-electron chi connectivity index (χ2n) is 3.90. The smallest absolute Gasteiger partial charge is 0.336 e. The van der Waals surface area contributed by atoms with Crippen LogP contribution in [0.1, 0.15) is 10.4 Å². The van der Waals surface area contributed by atoms with E-state index >= 15 is 0 Å². The van der Waals surface area contributed by atoms with E-state index in [2.05, 4.69) is 9.97 Å². The van der Waals surface area contributed by atoms with Gasteiger partial charge in [0.05, 0.1) is 16.1 Å². The molecule has 3 aromatic heterocycles. The topological polar surface area (TPSA) is 68.0 Å². The van der Waals surface area contributed by atoms with Crippen molar-refractivity contribution in [3.8, 4) is 21.4 Å². The van der Waals surface area contributed by atoms with Crippen molar-refractivity contribution in [3.63, 3.8) is 0 Å². The third-order valence-corrected chi connectivity index (χ3v) is 4.41. The Kier molecular flexibility index (Phi) is 2.92. The van der Waals surface area contributed by atoms with Crippen LogP contribution in [0.25, 0.3) is 21.4 Å². The lowest BCUT2D eigenvalue weighted by Crippen LogP contribution is -1.91. The van der Waals surface area contributed by atoms with E-state index in [0.717, 1.165) is 21.4 Å². The van der Waals surface area contributed by atoms with Crippen LogP contribution in [0.3, 0.4) is 0 Å². The molecule has 0 saturated carbocycles. The fraction of sp³-hybridized carbons (Fsp3) is 0.0833. The molecule has 96 valence electrons. The predicted molar refractivity (Wildman–Crippen MR) is 74.6 cm³/mol. The van der Waals surface area contributed by atoms with E-state index in [4.69, 9.17) is 5.11 Å². The Hall–Kier alpha value is -1.99. The van der Waals surface area contributed by atoms with Gasteiger partial charge in [-0.25, -0.2) is 14.8 Å². The Balaban J connectivity index is 1.97. The first kappa shape index (κ1) is 12.1. The highest BCUT2D eigenvalue weighted by atomic mass is 32.1. The van der Waals surface area contributed by atoms with Crippen molar-refractivity contribution in [1.29, 1.82) is 0 Å². The molecule has 5 nitrogen and oxygen atoms in total. The molecule has 0 fully saturated rings. The standard InChI is InChI=1S/C12H9N3O2S2/c1-15-3-2-13-10(15)11-14-8(6-19-11)9-4-7(5-18-9)12(16)17/h2-6H,1H3,(H,16,17). The summed E-state index contributed by atoms with van der Waals surface area (Å²) in [6, 6.07) is 1.64. The summed E-state index contributed by atoms with van der Waals surface area (Å²) < 4.78 is 1.90. The van der Waals surface area contributed by atoms with Crippen molar-refractivity contribution in [2.45, 2.75) is 0 Å². The molecule has 3 rings (SSSR count). The van der Waals surface area contributed by atoms with Gasteiger partial charge in [-0.15, -0.1) is 22.7 Å². The van der Waals surface area contributed by atoms with Gasteiger partial charge in [0.25, 0.3) is 0 Å². The van der Waals surface area contributed by atoms with Crippen LogP contribution in [0.4, 0.5) is 0 Å². The molecular weight excluding hydrogens is 282 g/mol. The molecule has 3 aromatic rings. The lowest BCUT2D eigenvalue weighted by Gasteiger charge is -1.95. The fourth-order valence-corrected chi connectivity index (χ4v) is 3.42. The Morgan fingerprint density at radius 2 is 2.21 bits per heavy atom. The number of carboxylic acid groups (broad SMARTS) is 1. The summed E-state index contributed by atoms with van der Waals surface area (Å²) in [7, 11) is 1.91. The molecule has 0 amide bonds. The van der Waals surface area contributed by atoms with Crippen molar-refractivity contribution < 1.29 is 9.90 Å². The van der Waals surface area contributed by atoms with E-state index in [1.807, 2.05) is 23.2 Å². The van der Waals surface area contributed by atoms with Gasteiger partial charge in [-0.2, -0.15) is 0 Å². The Bertz CT molecular complexity index is 742. The van der Waals surface area contributed by atoms with E-state index in [-0.39, 0.29) is 0 Å². The van der Waals surface area contributed by atoms with Crippen molar-refractivity contribution in [3.05, 3.63) is 34.8 Å². The Labute approximate surface area is 116 Å². The molecule has 0 spiro atoms. The third-order valence-electron chi connectivity index (χ3n) is 2.62. The largest absolute Gasteiger partial charge is 0.478 e. The number of carboxylic acids is 1. The minimum Gasteiger partial charge on any atom is -0.478 e. The van der Waals surface area contributed by atoms with Crippen LogP contribution < -0.4 is 0 Å². The van der Waals surface area contributed by atoms with Gasteiger partial charge in [-0.05, 0) is 6.07 Å². The number of aryl methyl sites for hydroxylation is 1. The van der Waals surface area contributed by atoms with E-state index in [1.165, 1.54) is 22.7 Å². The molecule has 1 N–H and O–H groups in total. The van der Waals surface area contributed by atoms with Crippen molar-refractivity contribution in [2.24, 2.45) is 7.05 Å². The second kappa shape index (κ2) is 4.60. The van der Waals surface area contributed by atoms with Crippen molar-refractivity contribution in [2.75, 3.05) is 0 Å². The fourth-order valence-electron chi connectivity index (χ4n) is 1.64. The van der Waals surface area contributed by atoms with Gasteiger partial charge in [0, 0.05) is 30.2 Å². The van der Waals surface area contributed by atoms with Crippen LogP contribution >= 0.6 is 22.7 Å². The lowest BCUT2D eigenvalue weighted by atomic mass is 10.3. The summed E-state index contributed by atoms with van der Waals surface area (Å²) in [5.74, 6) is -0.103. The molecule has 7 heteroatoms. The number of rotatable bonds is 3. The zero-order valence-corrected chi connectivity index (χ0v) is 11.5. The van der Waals surface area contributed by atoms with Gasteiger partial charge in [0.15, 0.2) is 10.8 Å². The number of thiazole rings is 1. The lowest BCUT2D eigenvalue weighted by molar-refractivity contribution is 0.0697. The van der Waals surface area contributed by atoms with Crippen molar-refractivity contribution in [1.82, 2.24) is 14.5 Å². The summed E-state index contributed by atoms with van der Waals surface area (Å²) in [4.78, 5) is 20.5. The number of imidazole rings is 1. The average molecular weight is 291 g/mol. The van der Waals surface area contributed by atoms with E-state index in [1.54, 1.807) is 17.6 Å². The number of nitrogens with zero attached hydrogens (tertiary/aromatic N) is 3. The second-order valence-corrected chi connectivity index (χ2v) is 5.67. The molecule has 0 aliphatic rings. The van der Waals surface area contributed by atoms with Gasteiger partial charge in [-0.1, -0.05) is 0 Å². The molecule has 19 heavy (non-hydrogen) atoms. The average Bonchev–Trinajstić information content (AvgIpc) is 3.07. The highest BCUT2D eigenvalue weighted by Gasteiger charge is 2.13. The molecule has 0 aliphatic heterocycles. The van der Waals surface area contributed by atoms with Crippen LogP contribution in [0.15, 0.2) is 29.2 Å². The van der Waals surface area contributed by atoms with Gasteiger partial charge in [0.2, 0.25) is 0 Å². The monoisotopic (exact) mass is 291 g/mol. The van der Waals surface area contributed by atoms with E-state index < -0.39 is 5.97 Å². The summed E-state index contributed by atoms with van der Waals surface area (Å²) in [5, 5.41) is 13.3. The SMILES string of the molecule is Cn1ccnc1-c1nc(-c2cc(C(=O)O)cs2)cs1. The minimum absolute atomic E-state index is 0.298.